The molecule has 0 fully saturated rings. The van der Waals surface area contributed by atoms with E-state index in [4.69, 9.17) is 14.8 Å². The van der Waals surface area contributed by atoms with Crippen LogP contribution in [-0.4, -0.2) is 43.1 Å². The van der Waals surface area contributed by atoms with E-state index in [1.165, 1.54) is 12.3 Å². The van der Waals surface area contributed by atoms with Crippen LogP contribution in [0.15, 0.2) is 91.4 Å². The highest BCUT2D eigenvalue weighted by Crippen LogP contribution is 2.41. The van der Waals surface area contributed by atoms with Crippen LogP contribution >= 0.6 is 0 Å². The van der Waals surface area contributed by atoms with Crippen molar-refractivity contribution in [3.05, 3.63) is 125 Å². The molecule has 1 amide bonds. The van der Waals surface area contributed by atoms with Crippen LogP contribution < -0.4 is 20.3 Å². The number of nitrogens with one attached hydrogen (secondary N) is 3. The molecule has 3 N–H and O–H groups in total. The Labute approximate surface area is 276 Å². The molecular formula is C36H32FN9O2. The molecule has 2 bridgehead atoms. The smallest absolute Gasteiger partial charge is 0.256 e. The van der Waals surface area contributed by atoms with Gasteiger partial charge in [0.05, 0.1) is 30.5 Å². The number of aromatic nitrogens is 5. The van der Waals surface area contributed by atoms with Gasteiger partial charge in [-0.1, -0.05) is 60.7 Å². The summed E-state index contributed by atoms with van der Waals surface area (Å²) in [5.41, 5.74) is 4.85. The number of H-pyrrole nitrogens is 1. The van der Waals surface area contributed by atoms with E-state index in [2.05, 4.69) is 55.8 Å². The van der Waals surface area contributed by atoms with Gasteiger partial charge in [0.15, 0.2) is 5.65 Å². The van der Waals surface area contributed by atoms with Crippen molar-refractivity contribution in [3.63, 3.8) is 0 Å². The van der Waals surface area contributed by atoms with Crippen molar-refractivity contribution >= 4 is 23.2 Å². The van der Waals surface area contributed by atoms with Crippen LogP contribution in [0.5, 0.6) is 5.88 Å². The van der Waals surface area contributed by atoms with Gasteiger partial charge in [-0.15, -0.1) is 0 Å². The van der Waals surface area contributed by atoms with E-state index in [9.17, 15) is 14.4 Å². The third-order valence-electron chi connectivity index (χ3n) is 8.22. The first-order valence-corrected chi connectivity index (χ1v) is 15.6. The van der Waals surface area contributed by atoms with E-state index >= 15 is 0 Å². The number of anilines is 2. The molecule has 0 saturated heterocycles. The molecule has 7 rings (SSSR count). The van der Waals surface area contributed by atoms with Crippen LogP contribution in [0.25, 0.3) is 16.8 Å². The summed E-state index contributed by atoms with van der Waals surface area (Å²) in [7, 11) is 0. The van der Waals surface area contributed by atoms with Gasteiger partial charge in [-0.05, 0) is 37.1 Å². The molecule has 0 saturated carbocycles. The highest BCUT2D eigenvalue weighted by Gasteiger charge is 2.29. The predicted octanol–water partition coefficient (Wildman–Crippen LogP) is 6.02. The quantitative estimate of drug-likeness (QED) is 0.201. The summed E-state index contributed by atoms with van der Waals surface area (Å²) in [6.07, 6.45) is 3.89. The Hall–Kier alpha value is -6.22. The Balaban J connectivity index is 1.52. The summed E-state index contributed by atoms with van der Waals surface area (Å²) < 4.78 is 22.4. The van der Waals surface area contributed by atoms with Crippen molar-refractivity contribution in [2.45, 2.75) is 39.1 Å². The number of nitrogens with zero attached hydrogens (tertiary/aromatic N) is 6. The summed E-state index contributed by atoms with van der Waals surface area (Å²) in [6, 6.07) is 24.9. The first-order chi connectivity index (χ1) is 23.4. The minimum atomic E-state index is -0.543. The third-order valence-corrected chi connectivity index (χ3v) is 8.22. The summed E-state index contributed by atoms with van der Waals surface area (Å²) in [6.45, 7) is 4.81. The maximum Gasteiger partial charge on any atom is 0.256 e. The number of hydrogen-bond acceptors (Lipinski definition) is 8. The van der Waals surface area contributed by atoms with Gasteiger partial charge in [-0.25, -0.2) is 14.4 Å². The number of ether oxygens (including phenoxy) is 1. The number of hydrogen-bond donors (Lipinski definition) is 3. The molecule has 2 unspecified atom stereocenters. The molecular weight excluding hydrogens is 609 g/mol. The molecule has 1 aliphatic rings. The molecule has 240 valence electrons. The van der Waals surface area contributed by atoms with Crippen molar-refractivity contribution < 1.29 is 13.9 Å². The Morgan fingerprint density at radius 2 is 1.75 bits per heavy atom. The minimum Gasteiger partial charge on any atom is -0.473 e. The number of fused-ring (bicyclic) bond motifs is 2. The number of carbonyl (C=O) groups is 1. The van der Waals surface area contributed by atoms with E-state index in [1.54, 1.807) is 23.7 Å². The zero-order valence-corrected chi connectivity index (χ0v) is 26.3. The standard InChI is InChI=1S/C36H32FN9O2/c1-22-16-40-34(47)30-19-42-46-33(30)44-32(43-23(2)29-14-27(37)18-41-35(29)48-22)31(26-13-28(15-38)39-17-26)36(46)45(20-24-9-5-3-6-10-24)21-25-11-7-4-8-12-25/h3-14,17-19,22-23,39H,16,20-21H2,1-2H3,(H,40,47)(H,43,44). The van der Waals surface area contributed by atoms with Gasteiger partial charge in [0.1, 0.15) is 40.9 Å². The largest absolute Gasteiger partial charge is 0.473 e. The Bertz CT molecular complexity index is 2100. The number of pyridine rings is 1. The zero-order valence-electron chi connectivity index (χ0n) is 26.3. The van der Waals surface area contributed by atoms with E-state index in [0.717, 1.165) is 17.3 Å². The van der Waals surface area contributed by atoms with Gasteiger partial charge in [-0.2, -0.15) is 14.9 Å². The van der Waals surface area contributed by atoms with Crippen molar-refractivity contribution in [2.75, 3.05) is 16.8 Å². The lowest BCUT2D eigenvalue weighted by Crippen LogP contribution is -2.34. The zero-order chi connectivity index (χ0) is 33.2. The van der Waals surface area contributed by atoms with Gasteiger partial charge in [-0.3, -0.25) is 4.79 Å². The lowest BCUT2D eigenvalue weighted by Gasteiger charge is -2.29. The number of nitriles is 1. The Morgan fingerprint density at radius 3 is 2.42 bits per heavy atom. The van der Waals surface area contributed by atoms with Crippen molar-refractivity contribution in [1.82, 2.24) is 29.9 Å². The monoisotopic (exact) mass is 641 g/mol. The maximum atomic E-state index is 14.7. The van der Waals surface area contributed by atoms with E-state index < -0.39 is 18.0 Å². The van der Waals surface area contributed by atoms with Gasteiger partial charge >= 0.3 is 0 Å². The number of aromatic amines is 1. The van der Waals surface area contributed by atoms with Gasteiger partial charge in [0.2, 0.25) is 5.88 Å². The van der Waals surface area contributed by atoms with Gasteiger partial charge in [0, 0.05) is 30.4 Å². The third kappa shape index (κ3) is 6.01. The number of carbonyl (C=O) groups excluding carboxylic acids is 1. The Morgan fingerprint density at radius 1 is 1.04 bits per heavy atom. The molecule has 0 radical (unpaired) electrons. The summed E-state index contributed by atoms with van der Waals surface area (Å²) in [4.78, 5) is 28.1. The number of amides is 1. The van der Waals surface area contributed by atoms with Crippen molar-refractivity contribution in [1.29, 1.82) is 5.26 Å². The first kappa shape index (κ1) is 30.4. The average molecular weight is 642 g/mol. The summed E-state index contributed by atoms with van der Waals surface area (Å²) >= 11 is 0. The number of halogens is 1. The lowest BCUT2D eigenvalue weighted by molar-refractivity contribution is 0.0932. The normalized spacial score (nSPS) is 16.0. The first-order valence-electron chi connectivity index (χ1n) is 15.6. The summed E-state index contributed by atoms with van der Waals surface area (Å²) in [5, 5.41) is 20.9. The highest BCUT2D eigenvalue weighted by molar-refractivity contribution is 6.01. The molecule has 48 heavy (non-hydrogen) atoms. The topological polar surface area (TPSA) is 136 Å². The molecule has 0 spiro atoms. The molecule has 6 aromatic rings. The van der Waals surface area contributed by atoms with Crippen LogP contribution in [0, 0.1) is 17.1 Å². The molecule has 11 nitrogen and oxygen atoms in total. The van der Waals surface area contributed by atoms with Gasteiger partial charge in [0.25, 0.3) is 5.91 Å². The van der Waals surface area contributed by atoms with E-state index in [-0.39, 0.29) is 23.9 Å². The van der Waals surface area contributed by atoms with E-state index in [1.807, 2.05) is 43.3 Å². The van der Waals surface area contributed by atoms with Crippen LogP contribution in [0.3, 0.4) is 0 Å². The Kier molecular flexibility index (Phi) is 8.17. The van der Waals surface area contributed by atoms with Gasteiger partial charge < -0.3 is 25.3 Å². The van der Waals surface area contributed by atoms with E-state index in [0.29, 0.717) is 52.8 Å². The van der Waals surface area contributed by atoms with Crippen LogP contribution in [0.4, 0.5) is 16.0 Å². The molecule has 5 heterocycles. The van der Waals surface area contributed by atoms with Crippen LogP contribution in [-0.2, 0) is 13.1 Å². The van der Waals surface area contributed by atoms with Crippen molar-refractivity contribution in [3.8, 4) is 23.1 Å². The highest BCUT2D eigenvalue weighted by atomic mass is 19.1. The molecule has 2 aromatic carbocycles. The SMILES string of the molecule is CC1CNC(=O)c2cnn3c(N(Cc4ccccc4)Cc4ccccc4)c(-c4c[nH]c(C#N)c4)c(nc23)NC(C)c2cc(F)cnc2O1. The molecule has 2 atom stereocenters. The van der Waals surface area contributed by atoms with Crippen molar-refractivity contribution in [2.24, 2.45) is 0 Å². The molecule has 4 aromatic heterocycles. The fourth-order valence-electron chi connectivity index (χ4n) is 5.91. The fourth-order valence-corrected chi connectivity index (χ4v) is 5.91. The maximum absolute atomic E-state index is 14.7. The van der Waals surface area contributed by atoms with Crippen LogP contribution in [0.1, 0.15) is 52.6 Å². The molecule has 0 aliphatic carbocycles. The summed E-state index contributed by atoms with van der Waals surface area (Å²) in [5.74, 6) is 0.397. The molecule has 12 heteroatoms. The second-order valence-corrected chi connectivity index (χ2v) is 11.7. The fraction of sp³-hybridized carbons (Fsp3) is 0.194. The van der Waals surface area contributed by atoms with Crippen LogP contribution in [0.2, 0.25) is 0 Å². The number of benzene rings is 2. The lowest BCUT2D eigenvalue weighted by atomic mass is 10.1. The predicted molar refractivity (Wildman–Crippen MR) is 179 cm³/mol. The average Bonchev–Trinajstić information content (AvgIpc) is 3.75. The number of rotatable bonds is 6. The molecule has 1 aliphatic heterocycles. The second-order valence-electron chi connectivity index (χ2n) is 11.7. The minimum absolute atomic E-state index is 0.169. The second kappa shape index (κ2) is 12.9.